The van der Waals surface area contributed by atoms with Gasteiger partial charge in [-0.3, -0.25) is 4.98 Å². The molecule has 1 aromatic carbocycles. The molecule has 0 unspecified atom stereocenters. The molecule has 3 nitrogen and oxygen atoms in total. The van der Waals surface area contributed by atoms with Crippen LogP contribution in [0.3, 0.4) is 0 Å². The van der Waals surface area contributed by atoms with Crippen molar-refractivity contribution in [3.8, 4) is 22.9 Å². The Kier molecular flexibility index (Phi) is 3.06. The van der Waals surface area contributed by atoms with E-state index in [0.717, 1.165) is 16.7 Å². The number of nitrogens with zero attached hydrogens (tertiary/aromatic N) is 2. The third-order valence-electron chi connectivity index (χ3n) is 2.53. The van der Waals surface area contributed by atoms with Crippen LogP contribution < -0.4 is 4.74 Å². The summed E-state index contributed by atoms with van der Waals surface area (Å²) in [5, 5.41) is 8.91. The number of aryl methyl sites for hydroxylation is 1. The van der Waals surface area contributed by atoms with Crippen LogP contribution in [0.2, 0.25) is 0 Å². The lowest BCUT2D eigenvalue weighted by atomic mass is 10.0. The Bertz CT molecular complexity index is 585. The second-order valence-electron chi connectivity index (χ2n) is 3.78. The molecule has 17 heavy (non-hydrogen) atoms. The second kappa shape index (κ2) is 4.67. The zero-order valence-corrected chi connectivity index (χ0v) is 9.77. The van der Waals surface area contributed by atoms with E-state index in [1.165, 1.54) is 0 Å². The number of nitriles is 1. The van der Waals surface area contributed by atoms with Gasteiger partial charge in [-0.05, 0) is 36.2 Å². The maximum absolute atomic E-state index is 8.91. The van der Waals surface area contributed by atoms with E-state index in [2.05, 4.69) is 11.1 Å². The standard InChI is InChI=1S/C14H12N2O/c1-10-5-13(9-16-8-10)11-3-4-12(7-15)14(6-11)17-2/h3-6,8-9H,1-2H3. The van der Waals surface area contributed by atoms with E-state index in [4.69, 9.17) is 10.00 Å². The third-order valence-corrected chi connectivity index (χ3v) is 2.53. The molecule has 1 heterocycles. The molecule has 0 saturated carbocycles. The third kappa shape index (κ3) is 2.26. The highest BCUT2D eigenvalue weighted by Crippen LogP contribution is 2.26. The summed E-state index contributed by atoms with van der Waals surface area (Å²) in [5.41, 5.74) is 3.66. The molecule has 2 aromatic rings. The van der Waals surface area contributed by atoms with Gasteiger partial charge in [-0.2, -0.15) is 5.26 Å². The van der Waals surface area contributed by atoms with Crippen LogP contribution in [0.5, 0.6) is 5.75 Å². The smallest absolute Gasteiger partial charge is 0.137 e. The highest BCUT2D eigenvalue weighted by molar-refractivity contribution is 5.67. The quantitative estimate of drug-likeness (QED) is 0.787. The highest BCUT2D eigenvalue weighted by atomic mass is 16.5. The van der Waals surface area contributed by atoms with Crippen molar-refractivity contribution in [2.24, 2.45) is 0 Å². The molecule has 0 bridgehead atoms. The molecule has 0 spiro atoms. The molecule has 84 valence electrons. The van der Waals surface area contributed by atoms with Crippen LogP contribution in [0, 0.1) is 18.3 Å². The Morgan fingerprint density at radius 1 is 1.18 bits per heavy atom. The monoisotopic (exact) mass is 224 g/mol. The van der Waals surface area contributed by atoms with Crippen LogP contribution in [-0.2, 0) is 0 Å². The van der Waals surface area contributed by atoms with Crippen molar-refractivity contribution in [3.05, 3.63) is 47.8 Å². The first-order chi connectivity index (χ1) is 8.24. The van der Waals surface area contributed by atoms with Gasteiger partial charge in [0.15, 0.2) is 0 Å². The van der Waals surface area contributed by atoms with Gasteiger partial charge in [0.2, 0.25) is 0 Å². The van der Waals surface area contributed by atoms with E-state index in [1.807, 2.05) is 31.3 Å². The van der Waals surface area contributed by atoms with Gasteiger partial charge in [-0.25, -0.2) is 0 Å². The molecular weight excluding hydrogens is 212 g/mol. The van der Waals surface area contributed by atoms with E-state index >= 15 is 0 Å². The minimum Gasteiger partial charge on any atom is -0.495 e. The van der Waals surface area contributed by atoms with Gasteiger partial charge >= 0.3 is 0 Å². The second-order valence-corrected chi connectivity index (χ2v) is 3.78. The fourth-order valence-corrected chi connectivity index (χ4v) is 1.68. The van der Waals surface area contributed by atoms with Gasteiger partial charge in [0.25, 0.3) is 0 Å². The molecule has 0 aliphatic rings. The number of benzene rings is 1. The molecule has 0 atom stereocenters. The number of ether oxygens (including phenoxy) is 1. The molecule has 0 aliphatic heterocycles. The van der Waals surface area contributed by atoms with Crippen molar-refractivity contribution in [2.45, 2.75) is 6.92 Å². The van der Waals surface area contributed by atoms with Crippen molar-refractivity contribution in [1.82, 2.24) is 4.98 Å². The fraction of sp³-hybridized carbons (Fsp3) is 0.143. The molecular formula is C14H12N2O. The summed E-state index contributed by atoms with van der Waals surface area (Å²) in [5.74, 6) is 0.589. The lowest BCUT2D eigenvalue weighted by molar-refractivity contribution is 0.413. The average Bonchev–Trinajstić information content (AvgIpc) is 2.38. The predicted octanol–water partition coefficient (Wildman–Crippen LogP) is 2.94. The SMILES string of the molecule is COc1cc(-c2cncc(C)c2)ccc1C#N. The molecule has 0 amide bonds. The van der Waals surface area contributed by atoms with Crippen LogP contribution in [0.4, 0.5) is 0 Å². The molecule has 0 aliphatic carbocycles. The molecule has 0 radical (unpaired) electrons. The van der Waals surface area contributed by atoms with Crippen molar-refractivity contribution >= 4 is 0 Å². The van der Waals surface area contributed by atoms with Crippen molar-refractivity contribution in [3.63, 3.8) is 0 Å². The first-order valence-corrected chi connectivity index (χ1v) is 5.25. The lowest BCUT2D eigenvalue weighted by Gasteiger charge is -2.06. The maximum Gasteiger partial charge on any atom is 0.137 e. The number of pyridine rings is 1. The Labute approximate surface area is 100 Å². The summed E-state index contributed by atoms with van der Waals surface area (Å²) in [6, 6.07) is 9.66. The molecule has 1 aromatic heterocycles. The zero-order chi connectivity index (χ0) is 12.3. The van der Waals surface area contributed by atoms with E-state index in [9.17, 15) is 0 Å². The zero-order valence-electron chi connectivity index (χ0n) is 9.77. The van der Waals surface area contributed by atoms with Gasteiger partial charge in [0.05, 0.1) is 12.7 Å². The Balaban J connectivity index is 2.51. The van der Waals surface area contributed by atoms with Gasteiger partial charge in [0.1, 0.15) is 11.8 Å². The van der Waals surface area contributed by atoms with Crippen molar-refractivity contribution < 1.29 is 4.74 Å². The summed E-state index contributed by atoms with van der Waals surface area (Å²) in [6.07, 6.45) is 3.61. The van der Waals surface area contributed by atoms with Crippen molar-refractivity contribution in [1.29, 1.82) is 5.26 Å². The van der Waals surface area contributed by atoms with E-state index in [-0.39, 0.29) is 0 Å². The number of methoxy groups -OCH3 is 1. The number of hydrogen-bond donors (Lipinski definition) is 0. The van der Waals surface area contributed by atoms with Gasteiger partial charge < -0.3 is 4.74 Å². The summed E-state index contributed by atoms with van der Waals surface area (Å²) < 4.78 is 5.19. The van der Waals surface area contributed by atoms with Gasteiger partial charge in [-0.15, -0.1) is 0 Å². The minimum atomic E-state index is 0.539. The van der Waals surface area contributed by atoms with E-state index in [1.54, 1.807) is 19.4 Å². The Morgan fingerprint density at radius 2 is 2.00 bits per heavy atom. The average molecular weight is 224 g/mol. The fourth-order valence-electron chi connectivity index (χ4n) is 1.68. The number of aromatic nitrogens is 1. The summed E-state index contributed by atoms with van der Waals surface area (Å²) in [7, 11) is 1.56. The Morgan fingerprint density at radius 3 is 2.65 bits per heavy atom. The summed E-state index contributed by atoms with van der Waals surface area (Å²) in [6.45, 7) is 2.00. The van der Waals surface area contributed by atoms with Crippen LogP contribution in [0.15, 0.2) is 36.7 Å². The highest BCUT2D eigenvalue weighted by Gasteiger charge is 2.05. The minimum absolute atomic E-state index is 0.539. The molecule has 3 heteroatoms. The Hall–Kier alpha value is -2.34. The first kappa shape index (κ1) is 11.2. The summed E-state index contributed by atoms with van der Waals surface area (Å²) >= 11 is 0. The topological polar surface area (TPSA) is 45.9 Å². The first-order valence-electron chi connectivity index (χ1n) is 5.25. The lowest BCUT2D eigenvalue weighted by Crippen LogP contribution is -1.89. The molecule has 0 saturated heterocycles. The van der Waals surface area contributed by atoms with Crippen LogP contribution in [0.25, 0.3) is 11.1 Å². The predicted molar refractivity (Wildman–Crippen MR) is 65.7 cm³/mol. The maximum atomic E-state index is 8.91. The normalized spacial score (nSPS) is 9.71. The molecule has 0 fully saturated rings. The van der Waals surface area contributed by atoms with Gasteiger partial charge in [-0.1, -0.05) is 6.07 Å². The van der Waals surface area contributed by atoms with E-state index in [0.29, 0.717) is 11.3 Å². The number of hydrogen-bond acceptors (Lipinski definition) is 3. The summed E-state index contributed by atoms with van der Waals surface area (Å²) in [4.78, 5) is 4.15. The number of rotatable bonds is 2. The van der Waals surface area contributed by atoms with Crippen LogP contribution in [0.1, 0.15) is 11.1 Å². The largest absolute Gasteiger partial charge is 0.495 e. The van der Waals surface area contributed by atoms with Gasteiger partial charge in [0, 0.05) is 18.0 Å². The molecule has 2 rings (SSSR count). The van der Waals surface area contributed by atoms with Crippen LogP contribution >= 0.6 is 0 Å². The van der Waals surface area contributed by atoms with Crippen LogP contribution in [-0.4, -0.2) is 12.1 Å². The van der Waals surface area contributed by atoms with Crippen molar-refractivity contribution in [2.75, 3.05) is 7.11 Å². The molecule has 0 N–H and O–H groups in total. The van der Waals surface area contributed by atoms with E-state index < -0.39 is 0 Å².